The summed E-state index contributed by atoms with van der Waals surface area (Å²) in [6.07, 6.45) is 11.9. The van der Waals surface area contributed by atoms with Crippen molar-refractivity contribution in [3.63, 3.8) is 0 Å². The molecule has 4 aliphatic carbocycles. The number of nitrogens with zero attached hydrogens (tertiary/aromatic N) is 3. The normalized spacial score (nSPS) is 33.8. The first kappa shape index (κ1) is 19.3. The molecule has 4 bridgehead atoms. The van der Waals surface area contributed by atoms with Crippen molar-refractivity contribution in [3.8, 4) is 0 Å². The van der Waals surface area contributed by atoms with Crippen molar-refractivity contribution in [2.45, 2.75) is 51.4 Å². The maximum atomic E-state index is 13.0. The molecule has 0 radical (unpaired) electrons. The Hall–Kier alpha value is -1.62. The fourth-order valence-electron chi connectivity index (χ4n) is 6.98. The number of carbonyl (C=O) groups excluding carboxylic acids is 1. The first-order valence-electron chi connectivity index (χ1n) is 11.9. The van der Waals surface area contributed by atoms with E-state index in [1.165, 1.54) is 44.9 Å². The quantitative estimate of drug-likeness (QED) is 0.719. The Bertz CT molecular complexity index is 663. The number of pyridine rings is 1. The minimum absolute atomic E-state index is 0.0105. The van der Waals surface area contributed by atoms with Crippen molar-refractivity contribution in [1.29, 1.82) is 0 Å². The van der Waals surface area contributed by atoms with Gasteiger partial charge in [-0.05, 0) is 87.8 Å². The van der Waals surface area contributed by atoms with E-state index in [0.29, 0.717) is 5.91 Å². The number of aromatic nitrogens is 1. The maximum Gasteiger partial charge on any atom is 0.226 e. The second-order valence-electron chi connectivity index (χ2n) is 10.2. The van der Waals surface area contributed by atoms with E-state index in [0.717, 1.165) is 69.3 Å². The minimum atomic E-state index is 0.0105. The SMILES string of the molecule is O=C(NCCCCN1CCN(c2ccccn2)CC1)C12CC3CC(CC(C3)C1)C2. The Kier molecular flexibility index (Phi) is 5.51. The number of rotatable bonds is 7. The van der Waals surface area contributed by atoms with E-state index in [9.17, 15) is 4.79 Å². The summed E-state index contributed by atoms with van der Waals surface area (Å²) in [6.45, 7) is 6.32. The topological polar surface area (TPSA) is 48.5 Å². The van der Waals surface area contributed by atoms with Crippen molar-refractivity contribution in [1.82, 2.24) is 15.2 Å². The average molecular weight is 397 g/mol. The smallest absolute Gasteiger partial charge is 0.226 e. The fourth-order valence-corrected chi connectivity index (χ4v) is 6.98. The molecule has 0 aromatic carbocycles. The molecule has 0 unspecified atom stereocenters. The van der Waals surface area contributed by atoms with Crippen LogP contribution in [0.2, 0.25) is 0 Å². The molecule has 4 saturated carbocycles. The fraction of sp³-hybridized carbons (Fsp3) is 0.750. The monoisotopic (exact) mass is 396 g/mol. The molecule has 1 aliphatic heterocycles. The van der Waals surface area contributed by atoms with Crippen LogP contribution in [0.15, 0.2) is 24.4 Å². The van der Waals surface area contributed by atoms with E-state index in [2.05, 4.69) is 32.2 Å². The van der Waals surface area contributed by atoms with E-state index in [1.54, 1.807) is 0 Å². The zero-order valence-corrected chi connectivity index (χ0v) is 17.7. The number of nitrogens with one attached hydrogen (secondary N) is 1. The van der Waals surface area contributed by atoms with Crippen molar-refractivity contribution in [3.05, 3.63) is 24.4 Å². The molecule has 1 aromatic heterocycles. The third-order valence-electron chi connectivity index (χ3n) is 8.05. The Morgan fingerprint density at radius 1 is 1.00 bits per heavy atom. The second-order valence-corrected chi connectivity index (χ2v) is 10.2. The number of hydrogen-bond donors (Lipinski definition) is 1. The Balaban J connectivity index is 0.995. The molecule has 1 saturated heterocycles. The summed E-state index contributed by atoms with van der Waals surface area (Å²) >= 11 is 0. The number of unbranched alkanes of at least 4 members (excludes halogenated alkanes) is 1. The van der Waals surface area contributed by atoms with Gasteiger partial charge in [0, 0.05) is 44.3 Å². The van der Waals surface area contributed by atoms with Gasteiger partial charge < -0.3 is 10.2 Å². The lowest BCUT2D eigenvalue weighted by Gasteiger charge is -2.55. The van der Waals surface area contributed by atoms with Gasteiger partial charge in [0.2, 0.25) is 5.91 Å². The van der Waals surface area contributed by atoms with Crippen molar-refractivity contribution >= 4 is 11.7 Å². The Morgan fingerprint density at radius 3 is 2.31 bits per heavy atom. The van der Waals surface area contributed by atoms with Crippen LogP contribution in [0.5, 0.6) is 0 Å². The Morgan fingerprint density at radius 2 is 1.69 bits per heavy atom. The average Bonchev–Trinajstić information content (AvgIpc) is 2.73. The van der Waals surface area contributed by atoms with Gasteiger partial charge in [-0.3, -0.25) is 9.69 Å². The summed E-state index contributed by atoms with van der Waals surface area (Å²) in [5.74, 6) is 4.02. The number of amides is 1. The third-order valence-corrected chi connectivity index (χ3v) is 8.05. The molecule has 158 valence electrons. The molecule has 0 spiro atoms. The largest absolute Gasteiger partial charge is 0.356 e. The standard InChI is InChI=1S/C24H36N4O/c29-23(24-16-19-13-20(17-24)15-21(14-19)18-24)26-7-3-4-8-27-9-11-28(12-10-27)22-5-1-2-6-25-22/h1-2,5-6,19-21H,3-4,7-18H2,(H,26,29). The molecule has 1 N–H and O–H groups in total. The molecular formula is C24H36N4O. The molecule has 1 aromatic rings. The summed E-state index contributed by atoms with van der Waals surface area (Å²) in [7, 11) is 0. The molecule has 0 atom stereocenters. The van der Waals surface area contributed by atoms with Gasteiger partial charge in [-0.25, -0.2) is 4.98 Å². The van der Waals surface area contributed by atoms with Crippen LogP contribution in [0.1, 0.15) is 51.4 Å². The van der Waals surface area contributed by atoms with Gasteiger partial charge in [0.15, 0.2) is 0 Å². The number of anilines is 1. The van der Waals surface area contributed by atoms with Gasteiger partial charge in [-0.15, -0.1) is 0 Å². The van der Waals surface area contributed by atoms with Crippen LogP contribution in [0.4, 0.5) is 5.82 Å². The van der Waals surface area contributed by atoms with E-state index >= 15 is 0 Å². The number of carbonyl (C=O) groups is 1. The van der Waals surface area contributed by atoms with Crippen LogP contribution >= 0.6 is 0 Å². The summed E-state index contributed by atoms with van der Waals surface area (Å²) in [5, 5.41) is 3.33. The van der Waals surface area contributed by atoms with E-state index in [-0.39, 0.29) is 5.41 Å². The highest BCUT2D eigenvalue weighted by molar-refractivity contribution is 5.83. The minimum Gasteiger partial charge on any atom is -0.356 e. The van der Waals surface area contributed by atoms with Crippen molar-refractivity contribution in [2.75, 3.05) is 44.2 Å². The van der Waals surface area contributed by atoms with Gasteiger partial charge in [0.05, 0.1) is 0 Å². The van der Waals surface area contributed by atoms with Crippen LogP contribution in [0, 0.1) is 23.2 Å². The molecule has 5 fully saturated rings. The van der Waals surface area contributed by atoms with Crippen LogP contribution in [0.3, 0.4) is 0 Å². The molecule has 6 rings (SSSR count). The van der Waals surface area contributed by atoms with E-state index in [4.69, 9.17) is 0 Å². The zero-order chi connectivity index (χ0) is 19.7. The Labute approximate surface area is 175 Å². The predicted octanol–water partition coefficient (Wildman–Crippen LogP) is 3.32. The highest BCUT2D eigenvalue weighted by atomic mass is 16.2. The molecule has 5 nitrogen and oxygen atoms in total. The van der Waals surface area contributed by atoms with Crippen LogP contribution in [-0.4, -0.2) is 55.1 Å². The van der Waals surface area contributed by atoms with Crippen LogP contribution < -0.4 is 10.2 Å². The van der Waals surface area contributed by atoms with Gasteiger partial charge in [-0.1, -0.05) is 6.07 Å². The zero-order valence-electron chi connectivity index (χ0n) is 17.7. The third kappa shape index (κ3) is 4.16. The van der Waals surface area contributed by atoms with Crippen molar-refractivity contribution < 1.29 is 4.79 Å². The lowest BCUT2D eigenvalue weighted by Crippen LogP contribution is -2.53. The van der Waals surface area contributed by atoms with Gasteiger partial charge in [-0.2, -0.15) is 0 Å². The predicted molar refractivity (Wildman–Crippen MR) is 116 cm³/mol. The van der Waals surface area contributed by atoms with Gasteiger partial charge >= 0.3 is 0 Å². The second kappa shape index (κ2) is 8.25. The highest BCUT2D eigenvalue weighted by Gasteiger charge is 2.54. The highest BCUT2D eigenvalue weighted by Crippen LogP contribution is 2.60. The van der Waals surface area contributed by atoms with E-state index in [1.807, 2.05) is 12.3 Å². The molecular weight excluding hydrogens is 360 g/mol. The summed E-state index contributed by atoms with van der Waals surface area (Å²) in [4.78, 5) is 22.4. The number of hydrogen-bond acceptors (Lipinski definition) is 4. The summed E-state index contributed by atoms with van der Waals surface area (Å²) in [5.41, 5.74) is 0.0105. The molecule has 2 heterocycles. The lowest BCUT2D eigenvalue weighted by atomic mass is 9.49. The van der Waals surface area contributed by atoms with Gasteiger partial charge in [0.1, 0.15) is 5.82 Å². The van der Waals surface area contributed by atoms with Gasteiger partial charge in [0.25, 0.3) is 0 Å². The molecule has 29 heavy (non-hydrogen) atoms. The van der Waals surface area contributed by atoms with Crippen molar-refractivity contribution in [2.24, 2.45) is 23.2 Å². The molecule has 1 amide bonds. The summed E-state index contributed by atoms with van der Waals surface area (Å²) < 4.78 is 0. The molecule has 5 heteroatoms. The molecule has 5 aliphatic rings. The summed E-state index contributed by atoms with van der Waals surface area (Å²) in [6, 6.07) is 6.14. The van der Waals surface area contributed by atoms with E-state index < -0.39 is 0 Å². The number of piperazine rings is 1. The maximum absolute atomic E-state index is 13.0. The van der Waals surface area contributed by atoms with Crippen LogP contribution in [0.25, 0.3) is 0 Å². The first-order valence-corrected chi connectivity index (χ1v) is 11.9. The first-order chi connectivity index (χ1) is 14.2. The van der Waals surface area contributed by atoms with Crippen LogP contribution in [-0.2, 0) is 4.79 Å². The lowest BCUT2D eigenvalue weighted by molar-refractivity contribution is -0.146.